The maximum atomic E-state index is 10.1. The van der Waals surface area contributed by atoms with Gasteiger partial charge in [0, 0.05) is 12.1 Å². The van der Waals surface area contributed by atoms with Crippen LogP contribution in [0.25, 0.3) is 0 Å². The fraction of sp³-hybridized carbons (Fsp3) is 1.00. The molecule has 0 bridgehead atoms. The van der Waals surface area contributed by atoms with Crippen LogP contribution in [0.15, 0.2) is 0 Å². The standard InChI is InChI=1S/C12H25N3O7/c13-3-1-4-11(10(20)7(3)17)22-12(21)6(14)9(19)8(18)5(2-16)15-4/h3-12,15-21H,1-2,13-14H2. The average Bonchev–Trinajstić information content (AvgIpc) is 2.53. The Morgan fingerprint density at radius 3 is 2.18 bits per heavy atom. The minimum absolute atomic E-state index is 0.171. The topological polar surface area (TPSA) is 195 Å². The summed E-state index contributed by atoms with van der Waals surface area (Å²) in [5.74, 6) is 0. The van der Waals surface area contributed by atoms with Gasteiger partial charge in [-0.05, 0) is 6.42 Å². The summed E-state index contributed by atoms with van der Waals surface area (Å²) in [6.45, 7) is -0.516. The second kappa shape index (κ2) is 7.01. The van der Waals surface area contributed by atoms with Gasteiger partial charge in [0.15, 0.2) is 6.29 Å². The zero-order chi connectivity index (χ0) is 16.6. The van der Waals surface area contributed by atoms with Gasteiger partial charge in [-0.25, -0.2) is 0 Å². The second-order valence-corrected chi connectivity index (χ2v) is 5.99. The number of hydrogen-bond acceptors (Lipinski definition) is 10. The molecular formula is C12H25N3O7. The summed E-state index contributed by atoms with van der Waals surface area (Å²) in [4.78, 5) is 0. The number of rotatable bonds is 1. The van der Waals surface area contributed by atoms with Crippen LogP contribution in [-0.4, -0.2) is 98.2 Å². The van der Waals surface area contributed by atoms with Gasteiger partial charge >= 0.3 is 0 Å². The van der Waals surface area contributed by atoms with E-state index in [9.17, 15) is 30.6 Å². The lowest BCUT2D eigenvalue weighted by Gasteiger charge is -2.43. The Kier molecular flexibility index (Phi) is 5.72. The van der Waals surface area contributed by atoms with Crippen molar-refractivity contribution in [3.05, 3.63) is 0 Å². The van der Waals surface area contributed by atoms with E-state index in [2.05, 4.69) is 5.32 Å². The molecule has 10 atom stereocenters. The van der Waals surface area contributed by atoms with Crippen molar-refractivity contribution in [2.75, 3.05) is 6.61 Å². The molecule has 10 unspecified atom stereocenters. The largest absolute Gasteiger partial charge is 0.395 e. The molecule has 1 heterocycles. The molecule has 0 radical (unpaired) electrons. The maximum absolute atomic E-state index is 10.1. The maximum Gasteiger partial charge on any atom is 0.172 e. The highest BCUT2D eigenvalue weighted by atomic mass is 16.6. The molecule has 2 rings (SSSR count). The molecule has 0 aromatic heterocycles. The summed E-state index contributed by atoms with van der Waals surface area (Å²) in [7, 11) is 0. The number of ether oxygens (including phenoxy) is 1. The van der Waals surface area contributed by atoms with E-state index in [1.807, 2.05) is 0 Å². The third kappa shape index (κ3) is 3.26. The molecule has 1 aliphatic heterocycles. The third-order valence-electron chi connectivity index (χ3n) is 4.46. The zero-order valence-corrected chi connectivity index (χ0v) is 11.9. The number of aliphatic hydroxyl groups is 6. The predicted molar refractivity (Wildman–Crippen MR) is 73.3 cm³/mol. The summed E-state index contributed by atoms with van der Waals surface area (Å²) in [6, 6.07) is -3.73. The van der Waals surface area contributed by atoms with Crippen molar-refractivity contribution >= 4 is 0 Å². The van der Waals surface area contributed by atoms with Gasteiger partial charge < -0.3 is 52.2 Å². The van der Waals surface area contributed by atoms with Crippen LogP contribution in [0.1, 0.15) is 6.42 Å². The molecule has 2 fully saturated rings. The molecule has 1 saturated carbocycles. The van der Waals surface area contributed by atoms with Crippen molar-refractivity contribution in [1.82, 2.24) is 5.32 Å². The van der Waals surface area contributed by atoms with Crippen LogP contribution in [0.5, 0.6) is 0 Å². The Balaban J connectivity index is 2.30. The molecule has 0 aromatic carbocycles. The van der Waals surface area contributed by atoms with E-state index in [-0.39, 0.29) is 6.42 Å². The normalized spacial score (nSPS) is 54.0. The predicted octanol–water partition coefficient (Wildman–Crippen LogP) is -5.48. The molecular weight excluding hydrogens is 298 g/mol. The average molecular weight is 323 g/mol. The molecule has 22 heavy (non-hydrogen) atoms. The summed E-state index contributed by atoms with van der Waals surface area (Å²) in [5.41, 5.74) is 11.4. The fourth-order valence-electron chi connectivity index (χ4n) is 3.01. The summed E-state index contributed by atoms with van der Waals surface area (Å²) >= 11 is 0. The Bertz CT molecular complexity index is 377. The van der Waals surface area contributed by atoms with E-state index in [0.29, 0.717) is 0 Å². The molecule has 0 aromatic rings. The lowest BCUT2D eigenvalue weighted by atomic mass is 9.83. The molecule has 1 saturated heterocycles. The quantitative estimate of drug-likeness (QED) is 0.224. The van der Waals surface area contributed by atoms with E-state index in [4.69, 9.17) is 16.2 Å². The molecule has 10 heteroatoms. The second-order valence-electron chi connectivity index (χ2n) is 5.99. The lowest BCUT2D eigenvalue weighted by Crippen LogP contribution is -2.65. The first-order valence-electron chi connectivity index (χ1n) is 7.21. The molecule has 0 amide bonds. The van der Waals surface area contributed by atoms with Gasteiger partial charge in [0.05, 0.1) is 30.9 Å². The molecule has 130 valence electrons. The monoisotopic (exact) mass is 323 g/mol. The number of nitrogens with one attached hydrogen (secondary N) is 1. The number of nitrogens with two attached hydrogens (primary N) is 2. The van der Waals surface area contributed by atoms with Gasteiger partial charge in [-0.1, -0.05) is 0 Å². The van der Waals surface area contributed by atoms with Crippen molar-refractivity contribution < 1.29 is 35.4 Å². The van der Waals surface area contributed by atoms with Crippen molar-refractivity contribution in [2.45, 2.75) is 67.4 Å². The lowest BCUT2D eigenvalue weighted by molar-refractivity contribution is -0.216. The Morgan fingerprint density at radius 2 is 1.59 bits per heavy atom. The van der Waals surface area contributed by atoms with Crippen LogP contribution >= 0.6 is 0 Å². The van der Waals surface area contributed by atoms with Crippen LogP contribution < -0.4 is 16.8 Å². The highest BCUT2D eigenvalue weighted by molar-refractivity contribution is 5.02. The number of aliphatic hydroxyl groups excluding tert-OH is 6. The van der Waals surface area contributed by atoms with E-state index < -0.39 is 67.6 Å². The van der Waals surface area contributed by atoms with Gasteiger partial charge in [0.2, 0.25) is 0 Å². The minimum Gasteiger partial charge on any atom is -0.395 e. The Morgan fingerprint density at radius 1 is 0.955 bits per heavy atom. The van der Waals surface area contributed by atoms with Crippen molar-refractivity contribution in [2.24, 2.45) is 11.5 Å². The zero-order valence-electron chi connectivity index (χ0n) is 11.9. The first kappa shape index (κ1) is 17.9. The minimum atomic E-state index is -1.67. The van der Waals surface area contributed by atoms with Crippen molar-refractivity contribution in [1.29, 1.82) is 0 Å². The Hall–Kier alpha value is -0.400. The first-order valence-corrected chi connectivity index (χ1v) is 7.21. The van der Waals surface area contributed by atoms with Crippen LogP contribution in [0.3, 0.4) is 0 Å². The molecule has 2 aliphatic rings. The van der Waals surface area contributed by atoms with Crippen molar-refractivity contribution in [3.8, 4) is 0 Å². The van der Waals surface area contributed by atoms with E-state index in [0.717, 1.165) is 0 Å². The van der Waals surface area contributed by atoms with Gasteiger partial charge in [-0.2, -0.15) is 0 Å². The van der Waals surface area contributed by atoms with Gasteiger partial charge in [-0.15, -0.1) is 0 Å². The SMILES string of the molecule is NC1CC2NC(CO)C(O)C(O)C(N)C(O)OC2C(O)C1O. The molecule has 0 spiro atoms. The van der Waals surface area contributed by atoms with Gasteiger partial charge in [-0.3, -0.25) is 0 Å². The van der Waals surface area contributed by atoms with Crippen LogP contribution in [0.2, 0.25) is 0 Å². The molecule has 1 aliphatic carbocycles. The van der Waals surface area contributed by atoms with E-state index in [1.165, 1.54) is 0 Å². The van der Waals surface area contributed by atoms with Crippen LogP contribution in [-0.2, 0) is 4.74 Å². The van der Waals surface area contributed by atoms with E-state index >= 15 is 0 Å². The molecule has 11 N–H and O–H groups in total. The van der Waals surface area contributed by atoms with Gasteiger partial charge in [0.25, 0.3) is 0 Å². The summed E-state index contributed by atoms with van der Waals surface area (Å²) < 4.78 is 5.28. The third-order valence-corrected chi connectivity index (χ3v) is 4.46. The fourth-order valence-corrected chi connectivity index (χ4v) is 3.01. The highest BCUT2D eigenvalue weighted by Crippen LogP contribution is 2.26. The molecule has 10 nitrogen and oxygen atoms in total. The highest BCUT2D eigenvalue weighted by Gasteiger charge is 2.48. The number of hydrogen-bond donors (Lipinski definition) is 9. The van der Waals surface area contributed by atoms with Crippen LogP contribution in [0, 0.1) is 0 Å². The van der Waals surface area contributed by atoms with Crippen molar-refractivity contribution in [3.63, 3.8) is 0 Å². The number of fused-ring (bicyclic) bond motifs is 1. The summed E-state index contributed by atoms with van der Waals surface area (Å²) in [5, 5.41) is 62.2. The van der Waals surface area contributed by atoms with Crippen LogP contribution in [0.4, 0.5) is 0 Å². The smallest absolute Gasteiger partial charge is 0.172 e. The Labute approximate surface area is 127 Å². The van der Waals surface area contributed by atoms with Gasteiger partial charge in [0.1, 0.15) is 18.3 Å². The summed E-state index contributed by atoms with van der Waals surface area (Å²) in [6.07, 6.45) is -8.24. The van der Waals surface area contributed by atoms with E-state index in [1.54, 1.807) is 0 Å². The first-order chi connectivity index (χ1) is 10.3.